The lowest BCUT2D eigenvalue weighted by molar-refractivity contribution is 0.104. The van der Waals surface area contributed by atoms with E-state index in [2.05, 4.69) is 74.5 Å². The van der Waals surface area contributed by atoms with Crippen molar-refractivity contribution < 1.29 is 4.74 Å². The second kappa shape index (κ2) is 7.10. The molecule has 0 N–H and O–H groups in total. The zero-order chi connectivity index (χ0) is 13.5. The highest BCUT2D eigenvalue weighted by Gasteiger charge is 2.14. The quantitative estimate of drug-likeness (QED) is 0.738. The van der Waals surface area contributed by atoms with Crippen LogP contribution in [0.15, 0.2) is 60.7 Å². The lowest BCUT2D eigenvalue weighted by Crippen LogP contribution is -2.12. The first-order chi connectivity index (χ1) is 9.27. The van der Waals surface area contributed by atoms with Gasteiger partial charge in [-0.3, -0.25) is 0 Å². The minimum absolute atomic E-state index is 0.321. The molecule has 0 saturated heterocycles. The van der Waals surface area contributed by atoms with Crippen molar-refractivity contribution in [3.8, 4) is 0 Å². The van der Waals surface area contributed by atoms with Crippen LogP contribution in [0.4, 0.5) is 0 Å². The molecule has 0 atom stereocenters. The lowest BCUT2D eigenvalue weighted by atomic mass is 9.92. The number of hydrogen-bond donors (Lipinski definition) is 0. The van der Waals surface area contributed by atoms with Gasteiger partial charge in [0.2, 0.25) is 0 Å². The molecule has 0 unspecified atom stereocenters. The van der Waals surface area contributed by atoms with Crippen LogP contribution >= 0.6 is 0 Å². The van der Waals surface area contributed by atoms with E-state index in [0.717, 1.165) is 13.2 Å². The monoisotopic (exact) mass is 254 g/mol. The van der Waals surface area contributed by atoms with E-state index < -0.39 is 0 Å². The molecular formula is C18H22O. The Morgan fingerprint density at radius 3 is 1.63 bits per heavy atom. The summed E-state index contributed by atoms with van der Waals surface area (Å²) in [6.45, 7) is 5.92. The summed E-state index contributed by atoms with van der Waals surface area (Å²) < 4.78 is 5.87. The van der Waals surface area contributed by atoms with Crippen LogP contribution < -0.4 is 0 Å². The maximum atomic E-state index is 5.87. The van der Waals surface area contributed by atoms with E-state index in [9.17, 15) is 0 Å². The van der Waals surface area contributed by atoms with E-state index in [-0.39, 0.29) is 0 Å². The third-order valence-corrected chi connectivity index (χ3v) is 3.14. The molecule has 0 aliphatic rings. The summed E-state index contributed by atoms with van der Waals surface area (Å²) in [7, 11) is 0. The van der Waals surface area contributed by atoms with Crippen molar-refractivity contribution >= 4 is 0 Å². The first-order valence-corrected chi connectivity index (χ1v) is 6.95. The van der Waals surface area contributed by atoms with Crippen molar-refractivity contribution in [3.63, 3.8) is 0 Å². The highest BCUT2D eigenvalue weighted by atomic mass is 16.5. The van der Waals surface area contributed by atoms with Gasteiger partial charge in [-0.25, -0.2) is 0 Å². The van der Waals surface area contributed by atoms with E-state index >= 15 is 0 Å². The summed E-state index contributed by atoms with van der Waals surface area (Å²) in [6, 6.07) is 21.2. The highest BCUT2D eigenvalue weighted by molar-refractivity contribution is 5.32. The predicted molar refractivity (Wildman–Crippen MR) is 80.4 cm³/mol. The van der Waals surface area contributed by atoms with Crippen molar-refractivity contribution in [2.45, 2.75) is 19.8 Å². The smallest absolute Gasteiger partial charge is 0.0575 e. The third kappa shape index (κ3) is 4.22. The Morgan fingerprint density at radius 1 is 0.737 bits per heavy atom. The van der Waals surface area contributed by atoms with Crippen LogP contribution in [-0.2, 0) is 4.74 Å². The zero-order valence-corrected chi connectivity index (χ0v) is 11.8. The van der Waals surface area contributed by atoms with Crippen molar-refractivity contribution in [2.24, 2.45) is 5.92 Å². The molecule has 0 amide bonds. The second-order valence-electron chi connectivity index (χ2n) is 5.31. The lowest BCUT2D eigenvalue weighted by Gasteiger charge is -2.19. The summed E-state index contributed by atoms with van der Waals surface area (Å²) >= 11 is 0. The van der Waals surface area contributed by atoms with Gasteiger partial charge in [0.05, 0.1) is 6.61 Å². The molecule has 0 aromatic heterocycles. The summed E-state index contributed by atoms with van der Waals surface area (Å²) in [5, 5.41) is 0. The normalized spacial score (nSPS) is 11.2. The molecule has 1 heteroatoms. The van der Waals surface area contributed by atoms with Gasteiger partial charge in [-0.05, 0) is 17.0 Å². The van der Waals surface area contributed by atoms with E-state index in [0.29, 0.717) is 11.8 Å². The third-order valence-electron chi connectivity index (χ3n) is 3.14. The van der Waals surface area contributed by atoms with E-state index in [4.69, 9.17) is 4.74 Å². The van der Waals surface area contributed by atoms with Gasteiger partial charge in [0, 0.05) is 12.5 Å². The van der Waals surface area contributed by atoms with Gasteiger partial charge in [-0.2, -0.15) is 0 Å². The number of benzene rings is 2. The van der Waals surface area contributed by atoms with Crippen molar-refractivity contribution in [2.75, 3.05) is 13.2 Å². The summed E-state index contributed by atoms with van der Waals surface area (Å²) in [6.07, 6.45) is 0. The van der Waals surface area contributed by atoms with Gasteiger partial charge in [0.15, 0.2) is 0 Å². The van der Waals surface area contributed by atoms with Crippen LogP contribution in [0.3, 0.4) is 0 Å². The van der Waals surface area contributed by atoms with Crippen molar-refractivity contribution in [1.82, 2.24) is 0 Å². The molecule has 0 bridgehead atoms. The molecule has 1 nitrogen and oxygen atoms in total. The maximum absolute atomic E-state index is 5.87. The molecule has 0 saturated carbocycles. The molecule has 2 rings (SSSR count). The minimum Gasteiger partial charge on any atom is -0.380 e. The molecule has 0 heterocycles. The van der Waals surface area contributed by atoms with Crippen LogP contribution in [0.5, 0.6) is 0 Å². The average molecular weight is 254 g/mol. The molecule has 2 aromatic carbocycles. The Labute approximate surface area is 116 Å². The molecule has 0 fully saturated rings. The Hall–Kier alpha value is -1.60. The zero-order valence-electron chi connectivity index (χ0n) is 11.8. The van der Waals surface area contributed by atoms with Gasteiger partial charge < -0.3 is 4.74 Å². The summed E-state index contributed by atoms with van der Waals surface area (Å²) in [5.41, 5.74) is 2.63. The largest absolute Gasteiger partial charge is 0.380 e. The van der Waals surface area contributed by atoms with Gasteiger partial charge in [-0.1, -0.05) is 74.5 Å². The van der Waals surface area contributed by atoms with Crippen LogP contribution in [-0.4, -0.2) is 13.2 Å². The molecule has 0 aliphatic heterocycles. The Kier molecular flexibility index (Phi) is 5.17. The fraction of sp³-hybridized carbons (Fsp3) is 0.333. The van der Waals surface area contributed by atoms with Gasteiger partial charge in [-0.15, -0.1) is 0 Å². The van der Waals surface area contributed by atoms with Crippen LogP contribution in [0, 0.1) is 5.92 Å². The fourth-order valence-electron chi connectivity index (χ4n) is 2.18. The van der Waals surface area contributed by atoms with Crippen LogP contribution in [0.25, 0.3) is 0 Å². The first-order valence-electron chi connectivity index (χ1n) is 6.95. The minimum atomic E-state index is 0.321. The molecule has 2 aromatic rings. The molecular weight excluding hydrogens is 232 g/mol. The molecule has 19 heavy (non-hydrogen) atoms. The van der Waals surface area contributed by atoms with Gasteiger partial charge in [0.25, 0.3) is 0 Å². The molecule has 100 valence electrons. The van der Waals surface area contributed by atoms with E-state index in [1.807, 2.05) is 0 Å². The van der Waals surface area contributed by atoms with Crippen LogP contribution in [0.1, 0.15) is 30.9 Å². The number of ether oxygens (including phenoxy) is 1. The summed E-state index contributed by atoms with van der Waals surface area (Å²) in [4.78, 5) is 0. The van der Waals surface area contributed by atoms with Gasteiger partial charge in [0.1, 0.15) is 0 Å². The standard InChI is InChI=1S/C18H22O/c1-15(2)13-19-14-18(16-9-5-3-6-10-16)17-11-7-4-8-12-17/h3-12,15,18H,13-14H2,1-2H3. The Morgan fingerprint density at radius 2 is 1.21 bits per heavy atom. The van der Waals surface area contributed by atoms with E-state index in [1.165, 1.54) is 11.1 Å². The highest BCUT2D eigenvalue weighted by Crippen LogP contribution is 2.24. The number of hydrogen-bond acceptors (Lipinski definition) is 1. The van der Waals surface area contributed by atoms with Crippen molar-refractivity contribution in [3.05, 3.63) is 71.8 Å². The maximum Gasteiger partial charge on any atom is 0.0575 e. The topological polar surface area (TPSA) is 9.23 Å². The SMILES string of the molecule is CC(C)COCC(c1ccccc1)c1ccccc1. The average Bonchev–Trinajstić information content (AvgIpc) is 2.45. The Balaban J connectivity index is 2.14. The number of rotatable bonds is 6. The summed E-state index contributed by atoms with van der Waals surface area (Å²) in [5.74, 6) is 0.897. The van der Waals surface area contributed by atoms with Crippen molar-refractivity contribution in [1.29, 1.82) is 0 Å². The van der Waals surface area contributed by atoms with E-state index in [1.54, 1.807) is 0 Å². The second-order valence-corrected chi connectivity index (χ2v) is 5.31. The van der Waals surface area contributed by atoms with Crippen LogP contribution in [0.2, 0.25) is 0 Å². The fourth-order valence-corrected chi connectivity index (χ4v) is 2.18. The molecule has 0 spiro atoms. The molecule has 0 aliphatic carbocycles. The first kappa shape index (κ1) is 13.8. The molecule has 0 radical (unpaired) electrons. The Bertz CT molecular complexity index is 422. The predicted octanol–water partition coefficient (Wildman–Crippen LogP) is 4.49. The van der Waals surface area contributed by atoms with Gasteiger partial charge >= 0.3 is 0 Å².